The average Bonchev–Trinajstić information content (AvgIpc) is 2.36. The van der Waals surface area contributed by atoms with Gasteiger partial charge in [0.2, 0.25) is 0 Å². The van der Waals surface area contributed by atoms with Gasteiger partial charge in [0.05, 0.1) is 0 Å². The molecule has 1 heterocycles. The number of benzene rings is 1. The zero-order valence-corrected chi connectivity index (χ0v) is 8.32. The van der Waals surface area contributed by atoms with Crippen molar-refractivity contribution < 1.29 is 14.3 Å². The number of Topliss-reactive ketones (excluding diaryl/α,β-unsaturated/α-hetero) is 2. The van der Waals surface area contributed by atoms with Crippen molar-refractivity contribution in [1.82, 2.24) is 0 Å². The van der Waals surface area contributed by atoms with Crippen molar-refractivity contribution in [3.8, 4) is 0 Å². The van der Waals surface area contributed by atoms with E-state index >= 15 is 0 Å². The summed E-state index contributed by atoms with van der Waals surface area (Å²) in [6, 6.07) is 6.84. The van der Waals surface area contributed by atoms with Crippen LogP contribution in [0.1, 0.15) is 20.7 Å². The van der Waals surface area contributed by atoms with Crippen molar-refractivity contribution in [2.75, 3.05) is 6.61 Å². The quantitative estimate of drug-likeness (QED) is 0.656. The first-order chi connectivity index (χ1) is 7.79. The van der Waals surface area contributed by atoms with Gasteiger partial charge < -0.3 is 4.74 Å². The zero-order valence-electron chi connectivity index (χ0n) is 8.32. The van der Waals surface area contributed by atoms with Gasteiger partial charge in [-0.3, -0.25) is 9.59 Å². The van der Waals surface area contributed by atoms with E-state index in [1.807, 2.05) is 0 Å². The molecule has 1 aliphatic carbocycles. The van der Waals surface area contributed by atoms with Crippen LogP contribution in [0.15, 0.2) is 41.5 Å². The summed E-state index contributed by atoms with van der Waals surface area (Å²) in [4.78, 5) is 24.1. The molecule has 2 aliphatic rings. The zero-order chi connectivity index (χ0) is 11.1. The summed E-state index contributed by atoms with van der Waals surface area (Å²) < 4.78 is 4.94. The van der Waals surface area contributed by atoms with Gasteiger partial charge in [0.25, 0.3) is 0 Å². The van der Waals surface area contributed by atoms with Gasteiger partial charge in [-0.15, -0.1) is 0 Å². The highest BCUT2D eigenvalue weighted by Crippen LogP contribution is 2.28. The lowest BCUT2D eigenvalue weighted by Crippen LogP contribution is -2.25. The normalized spacial score (nSPS) is 18.0. The molecule has 0 fully saturated rings. The maximum Gasteiger partial charge on any atom is 0.194 e. The predicted molar refractivity (Wildman–Crippen MR) is 55.9 cm³/mol. The summed E-state index contributed by atoms with van der Waals surface area (Å²) in [5.74, 6) is -0.246. The Kier molecular flexibility index (Phi) is 1.80. The van der Waals surface area contributed by atoms with Gasteiger partial charge in [-0.1, -0.05) is 24.3 Å². The van der Waals surface area contributed by atoms with Gasteiger partial charge in [-0.25, -0.2) is 0 Å². The third-order valence-electron chi connectivity index (χ3n) is 2.76. The minimum absolute atomic E-state index is 0.122. The Labute approximate surface area is 92.0 Å². The van der Waals surface area contributed by atoms with Gasteiger partial charge in [-0.05, 0) is 6.08 Å². The summed E-state index contributed by atoms with van der Waals surface area (Å²) >= 11 is 0. The maximum absolute atomic E-state index is 12.1. The summed E-state index contributed by atoms with van der Waals surface area (Å²) in [6.45, 7) is 0.130. The molecule has 0 bridgehead atoms. The van der Waals surface area contributed by atoms with E-state index in [9.17, 15) is 9.59 Å². The lowest BCUT2D eigenvalue weighted by atomic mass is 9.84. The van der Waals surface area contributed by atoms with Crippen LogP contribution in [0, 0.1) is 6.26 Å². The van der Waals surface area contributed by atoms with E-state index in [0.29, 0.717) is 22.3 Å². The van der Waals surface area contributed by atoms with E-state index in [0.717, 1.165) is 0 Å². The van der Waals surface area contributed by atoms with Gasteiger partial charge in [-0.2, -0.15) is 0 Å². The van der Waals surface area contributed by atoms with Crippen molar-refractivity contribution in [3.63, 3.8) is 0 Å². The number of hydrogen-bond donors (Lipinski definition) is 0. The highest BCUT2D eigenvalue weighted by atomic mass is 16.5. The van der Waals surface area contributed by atoms with Crippen LogP contribution in [0.4, 0.5) is 0 Å². The first kappa shape index (κ1) is 9.09. The molecular weight excluding hydrogens is 204 g/mol. The Hall–Kier alpha value is -2.16. The largest absolute Gasteiger partial charge is 0.485 e. The Morgan fingerprint density at radius 2 is 1.75 bits per heavy atom. The number of carbonyl (C=O) groups is 2. The van der Waals surface area contributed by atoms with Crippen LogP contribution in [0.3, 0.4) is 0 Å². The first-order valence-corrected chi connectivity index (χ1v) is 4.91. The van der Waals surface area contributed by atoms with Gasteiger partial charge in [0.1, 0.15) is 6.61 Å². The van der Waals surface area contributed by atoms with E-state index in [2.05, 4.69) is 6.26 Å². The molecule has 0 unspecified atom stereocenters. The Morgan fingerprint density at radius 3 is 2.50 bits per heavy atom. The molecule has 3 nitrogen and oxygen atoms in total. The summed E-state index contributed by atoms with van der Waals surface area (Å²) in [6.07, 6.45) is 3.95. The van der Waals surface area contributed by atoms with Crippen LogP contribution in [0.5, 0.6) is 0 Å². The SMILES string of the molecule is O=C1C2=C(CO[C]=C2)C(=O)c2ccccc21. The smallest absolute Gasteiger partial charge is 0.194 e. The van der Waals surface area contributed by atoms with Gasteiger partial charge in [0.15, 0.2) is 17.8 Å². The van der Waals surface area contributed by atoms with Crippen LogP contribution < -0.4 is 0 Å². The topological polar surface area (TPSA) is 43.4 Å². The van der Waals surface area contributed by atoms with Gasteiger partial charge >= 0.3 is 0 Å². The van der Waals surface area contributed by atoms with E-state index in [1.165, 1.54) is 6.08 Å². The Bertz CT molecular complexity index is 564. The summed E-state index contributed by atoms with van der Waals surface area (Å²) in [5, 5.41) is 0. The van der Waals surface area contributed by atoms with Crippen molar-refractivity contribution in [3.05, 3.63) is 58.9 Å². The number of ether oxygens (including phenoxy) is 1. The molecule has 77 valence electrons. The van der Waals surface area contributed by atoms with E-state index in [4.69, 9.17) is 4.74 Å². The Balaban J connectivity index is 2.26. The minimum atomic E-state index is -0.124. The first-order valence-electron chi connectivity index (χ1n) is 4.91. The number of carbonyl (C=O) groups excluding carboxylic acids is 2. The fraction of sp³-hybridized carbons (Fsp3) is 0.0769. The standard InChI is InChI=1S/C13H7O3/c14-12-8-3-1-2-4-9(8)13(15)11-7-16-6-5-10(11)12/h1-5H,7H2. The van der Waals surface area contributed by atoms with Crippen molar-refractivity contribution in [1.29, 1.82) is 0 Å². The summed E-state index contributed by atoms with van der Waals surface area (Å²) in [5.41, 5.74) is 1.77. The maximum atomic E-state index is 12.1. The third-order valence-corrected chi connectivity index (χ3v) is 2.76. The lowest BCUT2D eigenvalue weighted by molar-refractivity contribution is 0.0954. The highest BCUT2D eigenvalue weighted by molar-refractivity contribution is 6.28. The summed E-state index contributed by atoms with van der Waals surface area (Å²) in [7, 11) is 0. The second-order valence-electron chi connectivity index (χ2n) is 3.65. The molecule has 1 aliphatic heterocycles. The molecule has 3 heteroatoms. The molecule has 0 spiro atoms. The third kappa shape index (κ3) is 1.08. The van der Waals surface area contributed by atoms with Crippen LogP contribution in [-0.2, 0) is 4.74 Å². The molecule has 1 aromatic carbocycles. The molecule has 0 N–H and O–H groups in total. The van der Waals surface area contributed by atoms with Crippen molar-refractivity contribution in [2.24, 2.45) is 0 Å². The van der Waals surface area contributed by atoms with E-state index < -0.39 is 0 Å². The average molecular weight is 211 g/mol. The molecule has 0 saturated carbocycles. The van der Waals surface area contributed by atoms with Crippen LogP contribution >= 0.6 is 0 Å². The molecule has 3 rings (SSSR count). The minimum Gasteiger partial charge on any atom is -0.485 e. The van der Waals surface area contributed by atoms with Crippen LogP contribution in [0.2, 0.25) is 0 Å². The second kappa shape index (κ2) is 3.17. The molecule has 0 saturated heterocycles. The van der Waals surface area contributed by atoms with E-state index in [1.54, 1.807) is 24.3 Å². The molecule has 1 radical (unpaired) electrons. The lowest BCUT2D eigenvalue weighted by Gasteiger charge is -2.20. The molecule has 0 atom stereocenters. The van der Waals surface area contributed by atoms with Crippen LogP contribution in [-0.4, -0.2) is 18.2 Å². The van der Waals surface area contributed by atoms with E-state index in [-0.39, 0.29) is 18.2 Å². The highest BCUT2D eigenvalue weighted by Gasteiger charge is 2.32. The van der Waals surface area contributed by atoms with Crippen molar-refractivity contribution in [2.45, 2.75) is 0 Å². The molecule has 16 heavy (non-hydrogen) atoms. The molecular formula is C13H7O3. The number of rotatable bonds is 0. The number of allylic oxidation sites excluding steroid dienone is 2. The molecule has 0 amide bonds. The monoisotopic (exact) mass is 211 g/mol. The fourth-order valence-corrected chi connectivity index (χ4v) is 1.96. The molecule has 1 aromatic rings. The number of fused-ring (bicyclic) bond motifs is 1. The number of hydrogen-bond acceptors (Lipinski definition) is 3. The predicted octanol–water partition coefficient (Wildman–Crippen LogP) is 1.71. The fourth-order valence-electron chi connectivity index (χ4n) is 1.96. The Morgan fingerprint density at radius 1 is 1.06 bits per heavy atom. The van der Waals surface area contributed by atoms with Crippen molar-refractivity contribution >= 4 is 11.6 Å². The van der Waals surface area contributed by atoms with Crippen LogP contribution in [0.25, 0.3) is 0 Å². The van der Waals surface area contributed by atoms with Gasteiger partial charge in [0, 0.05) is 22.3 Å². The second-order valence-corrected chi connectivity index (χ2v) is 3.65. The number of ketones is 2. The molecule has 0 aromatic heterocycles.